The summed E-state index contributed by atoms with van der Waals surface area (Å²) in [5.74, 6) is 3.47. The van der Waals surface area contributed by atoms with Crippen molar-refractivity contribution in [2.24, 2.45) is 46.3 Å². The van der Waals surface area contributed by atoms with Crippen LogP contribution in [-0.2, 0) is 28.6 Å². The molecular formula is C36H56O6. The van der Waals surface area contributed by atoms with Gasteiger partial charge < -0.3 is 14.2 Å². The number of carbonyl (C=O) groups excluding carboxylic acids is 3. The normalized spacial score (nSPS) is 34.3. The van der Waals surface area contributed by atoms with Gasteiger partial charge >= 0.3 is 17.9 Å². The SMILES string of the molecule is C=CC(=O)OCCOC(=O)CCC(=O)OC1CCC2(C)C(=CCC3C2CCC2(C)C(C(C)CCCC(C)C)CCC32)C1. The number of allylic oxidation sites excluding steroid dienone is 1. The molecule has 8 unspecified atom stereocenters. The van der Waals surface area contributed by atoms with Crippen molar-refractivity contribution in [3.05, 3.63) is 24.3 Å². The van der Waals surface area contributed by atoms with Crippen LogP contribution in [0.4, 0.5) is 0 Å². The number of hydrogen-bond donors (Lipinski definition) is 0. The van der Waals surface area contributed by atoms with Crippen LogP contribution in [0.5, 0.6) is 0 Å². The van der Waals surface area contributed by atoms with E-state index >= 15 is 0 Å². The Morgan fingerprint density at radius 1 is 0.952 bits per heavy atom. The molecule has 6 heteroatoms. The Kier molecular flexibility index (Phi) is 11.0. The zero-order valence-electron chi connectivity index (χ0n) is 27.0. The summed E-state index contributed by atoms with van der Waals surface area (Å²) in [5.41, 5.74) is 2.21. The fourth-order valence-electron chi connectivity index (χ4n) is 9.63. The minimum Gasteiger partial charge on any atom is -0.462 e. The molecule has 0 N–H and O–H groups in total. The topological polar surface area (TPSA) is 78.9 Å². The van der Waals surface area contributed by atoms with Gasteiger partial charge in [-0.2, -0.15) is 0 Å². The van der Waals surface area contributed by atoms with E-state index in [4.69, 9.17) is 14.2 Å². The number of carbonyl (C=O) groups is 3. The van der Waals surface area contributed by atoms with Gasteiger partial charge in [0.25, 0.3) is 0 Å². The molecular weight excluding hydrogens is 528 g/mol. The van der Waals surface area contributed by atoms with Gasteiger partial charge in [0.05, 0.1) is 12.8 Å². The number of rotatable bonds is 13. The van der Waals surface area contributed by atoms with Crippen molar-refractivity contribution in [2.75, 3.05) is 13.2 Å². The molecule has 0 amide bonds. The first-order valence-corrected chi connectivity index (χ1v) is 16.8. The number of hydrogen-bond acceptors (Lipinski definition) is 6. The summed E-state index contributed by atoms with van der Waals surface area (Å²) in [4.78, 5) is 35.5. The van der Waals surface area contributed by atoms with Crippen LogP contribution in [0.15, 0.2) is 24.3 Å². The molecule has 0 saturated heterocycles. The van der Waals surface area contributed by atoms with E-state index in [1.807, 2.05) is 0 Å². The third-order valence-electron chi connectivity index (χ3n) is 11.8. The summed E-state index contributed by atoms with van der Waals surface area (Å²) < 4.78 is 15.7. The highest BCUT2D eigenvalue weighted by molar-refractivity contribution is 5.81. The molecule has 6 nitrogen and oxygen atoms in total. The molecule has 3 fully saturated rings. The van der Waals surface area contributed by atoms with E-state index < -0.39 is 11.9 Å². The molecule has 0 aromatic carbocycles. The third kappa shape index (κ3) is 7.33. The van der Waals surface area contributed by atoms with Gasteiger partial charge in [-0.15, -0.1) is 0 Å². The van der Waals surface area contributed by atoms with Gasteiger partial charge in [-0.25, -0.2) is 4.79 Å². The predicted molar refractivity (Wildman–Crippen MR) is 164 cm³/mol. The monoisotopic (exact) mass is 584 g/mol. The third-order valence-corrected chi connectivity index (χ3v) is 11.8. The minimum absolute atomic E-state index is 0.000115. The number of esters is 3. The fraction of sp³-hybridized carbons (Fsp3) is 0.806. The van der Waals surface area contributed by atoms with E-state index in [0.717, 1.165) is 60.8 Å². The van der Waals surface area contributed by atoms with Crippen LogP contribution in [0, 0.1) is 46.3 Å². The minimum atomic E-state index is -0.562. The van der Waals surface area contributed by atoms with Gasteiger partial charge in [0.1, 0.15) is 19.3 Å². The van der Waals surface area contributed by atoms with Crippen molar-refractivity contribution in [1.82, 2.24) is 0 Å². The Bertz CT molecular complexity index is 1010. The smallest absolute Gasteiger partial charge is 0.330 e. The second kappa shape index (κ2) is 14.1. The van der Waals surface area contributed by atoms with E-state index in [9.17, 15) is 14.4 Å². The Labute approximate surface area is 254 Å². The van der Waals surface area contributed by atoms with Crippen LogP contribution in [0.25, 0.3) is 0 Å². The van der Waals surface area contributed by atoms with Crippen LogP contribution >= 0.6 is 0 Å². The van der Waals surface area contributed by atoms with Crippen LogP contribution in [0.3, 0.4) is 0 Å². The summed E-state index contributed by atoms with van der Waals surface area (Å²) >= 11 is 0. The quantitative estimate of drug-likeness (QED) is 0.0718. The van der Waals surface area contributed by atoms with Crippen LogP contribution < -0.4 is 0 Å². The van der Waals surface area contributed by atoms with Crippen LogP contribution in [0.1, 0.15) is 118 Å². The highest BCUT2D eigenvalue weighted by Crippen LogP contribution is 2.67. The van der Waals surface area contributed by atoms with Crippen molar-refractivity contribution >= 4 is 17.9 Å². The van der Waals surface area contributed by atoms with Crippen molar-refractivity contribution in [3.8, 4) is 0 Å². The standard InChI is InChI=1S/C36H56O6/c1-7-32(37)40-21-22-41-33(38)15-16-34(39)42-27-17-19-35(5)26(23-27)11-12-28-30-14-13-29(25(4)10-8-9-24(2)3)36(30,6)20-18-31(28)35/h7,11,24-25,27-31H,1,8-10,12-23H2,2-6H3. The first-order valence-electron chi connectivity index (χ1n) is 16.8. The maximum absolute atomic E-state index is 12.6. The average Bonchev–Trinajstić information content (AvgIpc) is 3.31. The lowest BCUT2D eigenvalue weighted by Gasteiger charge is -2.58. The molecule has 4 rings (SSSR count). The number of ether oxygens (including phenoxy) is 3. The zero-order valence-corrected chi connectivity index (χ0v) is 27.0. The van der Waals surface area contributed by atoms with Crippen molar-refractivity contribution in [2.45, 2.75) is 124 Å². The maximum atomic E-state index is 12.6. The van der Waals surface area contributed by atoms with Crippen molar-refractivity contribution < 1.29 is 28.6 Å². The molecule has 8 atom stereocenters. The molecule has 0 bridgehead atoms. The Hall–Kier alpha value is -2.11. The first kappa shape index (κ1) is 32.8. The van der Waals surface area contributed by atoms with Gasteiger partial charge in [-0.05, 0) is 91.3 Å². The predicted octanol–water partition coefficient (Wildman–Crippen LogP) is 7.99. The fourth-order valence-corrected chi connectivity index (χ4v) is 9.63. The molecule has 0 aliphatic heterocycles. The second-order valence-corrected chi connectivity index (χ2v) is 14.7. The molecule has 4 aliphatic rings. The summed E-state index contributed by atoms with van der Waals surface area (Å²) in [5, 5.41) is 0. The summed E-state index contributed by atoms with van der Waals surface area (Å²) in [6.07, 6.45) is 17.0. The molecule has 42 heavy (non-hydrogen) atoms. The molecule has 0 spiro atoms. The molecule has 236 valence electrons. The lowest BCUT2D eigenvalue weighted by atomic mass is 9.47. The first-order chi connectivity index (χ1) is 20.0. The molecule has 3 saturated carbocycles. The second-order valence-electron chi connectivity index (χ2n) is 14.7. The van der Waals surface area contributed by atoms with Crippen molar-refractivity contribution in [3.63, 3.8) is 0 Å². The average molecular weight is 585 g/mol. The molecule has 0 aromatic rings. The zero-order chi connectivity index (χ0) is 30.5. The maximum Gasteiger partial charge on any atom is 0.330 e. The lowest BCUT2D eigenvalue weighted by molar-refractivity contribution is -0.156. The molecule has 0 aromatic heterocycles. The van der Waals surface area contributed by atoms with E-state index in [1.54, 1.807) is 0 Å². The van der Waals surface area contributed by atoms with Gasteiger partial charge in [0, 0.05) is 12.5 Å². The Morgan fingerprint density at radius 3 is 2.43 bits per heavy atom. The highest BCUT2D eigenvalue weighted by Gasteiger charge is 2.59. The summed E-state index contributed by atoms with van der Waals surface area (Å²) in [6.45, 7) is 15.6. The Balaban J connectivity index is 1.27. The van der Waals surface area contributed by atoms with E-state index in [1.165, 1.54) is 56.9 Å². The molecule has 0 radical (unpaired) electrons. The van der Waals surface area contributed by atoms with Gasteiger partial charge in [-0.3, -0.25) is 9.59 Å². The Morgan fingerprint density at radius 2 is 1.69 bits per heavy atom. The van der Waals surface area contributed by atoms with E-state index in [-0.39, 0.29) is 43.5 Å². The van der Waals surface area contributed by atoms with Crippen LogP contribution in [0.2, 0.25) is 0 Å². The lowest BCUT2D eigenvalue weighted by Crippen LogP contribution is -2.51. The highest BCUT2D eigenvalue weighted by atomic mass is 16.6. The van der Waals surface area contributed by atoms with Gasteiger partial charge in [0.15, 0.2) is 0 Å². The van der Waals surface area contributed by atoms with Gasteiger partial charge in [0.2, 0.25) is 0 Å². The number of fused-ring (bicyclic) bond motifs is 5. The summed E-state index contributed by atoms with van der Waals surface area (Å²) in [6, 6.07) is 0. The molecule has 4 aliphatic carbocycles. The molecule has 0 heterocycles. The van der Waals surface area contributed by atoms with E-state index in [2.05, 4.69) is 47.3 Å². The van der Waals surface area contributed by atoms with E-state index in [0.29, 0.717) is 5.41 Å². The van der Waals surface area contributed by atoms with Gasteiger partial charge in [-0.1, -0.05) is 72.1 Å². The largest absolute Gasteiger partial charge is 0.462 e. The van der Waals surface area contributed by atoms with Crippen LogP contribution in [-0.4, -0.2) is 37.2 Å². The summed E-state index contributed by atoms with van der Waals surface area (Å²) in [7, 11) is 0. The van der Waals surface area contributed by atoms with Crippen molar-refractivity contribution in [1.29, 1.82) is 0 Å².